The van der Waals surface area contributed by atoms with E-state index >= 15 is 0 Å². The monoisotopic (exact) mass is 694 g/mol. The lowest BCUT2D eigenvalue weighted by Crippen LogP contribution is -2.49. The number of benzene rings is 1. The molecule has 0 amide bonds. The summed E-state index contributed by atoms with van der Waals surface area (Å²) < 4.78 is 12.2. The van der Waals surface area contributed by atoms with Crippen molar-refractivity contribution in [3.63, 3.8) is 0 Å². The molecule has 2 saturated carbocycles. The smallest absolute Gasteiger partial charge is 0.189 e. The SMILES string of the molecule is CNCC(NCC(C)O)C1C2=C[C+](C(O)COc3cc(CCC4=C[C-](CO)C(CCCCCCCN)O4)ccc3O)N=C2CCC2CCCC21. The summed E-state index contributed by atoms with van der Waals surface area (Å²) >= 11 is 0. The number of phenolic OH excluding ortho intramolecular Hbond substituents is 1. The van der Waals surface area contributed by atoms with Crippen molar-refractivity contribution < 1.29 is 29.9 Å². The second-order valence-corrected chi connectivity index (χ2v) is 14.8. The Morgan fingerprint density at radius 2 is 1.92 bits per heavy atom. The fourth-order valence-corrected chi connectivity index (χ4v) is 8.46. The summed E-state index contributed by atoms with van der Waals surface area (Å²) in [7, 11) is 1.97. The third kappa shape index (κ3) is 10.2. The quantitative estimate of drug-likeness (QED) is 0.0726. The highest BCUT2D eigenvalue weighted by molar-refractivity contribution is 6.04. The summed E-state index contributed by atoms with van der Waals surface area (Å²) in [6, 6.07) is 6.09. The van der Waals surface area contributed by atoms with Crippen LogP contribution in [0.2, 0.25) is 0 Å². The van der Waals surface area contributed by atoms with E-state index in [-0.39, 0.29) is 37.0 Å². The van der Waals surface area contributed by atoms with Gasteiger partial charge in [-0.05, 0) is 82.2 Å². The molecule has 50 heavy (non-hydrogen) atoms. The molecule has 7 atom stereocenters. The molecular weight excluding hydrogens is 632 g/mol. The molecular formula is C40H62N4O6. The van der Waals surface area contributed by atoms with Gasteiger partial charge in [0.1, 0.15) is 12.2 Å². The molecule has 0 saturated heterocycles. The fraction of sp³-hybridized carbons (Fsp3) is 0.675. The maximum Gasteiger partial charge on any atom is 0.189 e. The van der Waals surface area contributed by atoms with Crippen LogP contribution in [0.3, 0.4) is 0 Å². The molecule has 4 aliphatic rings. The zero-order chi connectivity index (χ0) is 35.5. The molecule has 0 bridgehead atoms. The Bertz CT molecular complexity index is 1300. The summed E-state index contributed by atoms with van der Waals surface area (Å²) in [6.07, 6.45) is 16.2. The van der Waals surface area contributed by atoms with Crippen LogP contribution in [0.5, 0.6) is 11.5 Å². The average Bonchev–Trinajstić information content (AvgIpc) is 3.84. The van der Waals surface area contributed by atoms with Crippen molar-refractivity contribution in [3.05, 3.63) is 59.2 Å². The second kappa shape index (κ2) is 19.2. The number of aliphatic hydroxyl groups is 3. The van der Waals surface area contributed by atoms with Gasteiger partial charge in [-0.15, -0.1) is 4.99 Å². The van der Waals surface area contributed by atoms with E-state index in [1.54, 1.807) is 6.07 Å². The van der Waals surface area contributed by atoms with E-state index in [0.29, 0.717) is 43.0 Å². The number of unbranched alkanes of at least 4 members (excludes halogenated alkanes) is 4. The van der Waals surface area contributed by atoms with Crippen molar-refractivity contribution in [2.45, 2.75) is 115 Å². The molecule has 278 valence electrons. The number of likely N-dealkylation sites (N-methyl/N-ethyl adjacent to an activating group) is 1. The van der Waals surface area contributed by atoms with Crippen molar-refractivity contribution >= 4 is 5.71 Å². The summed E-state index contributed by atoms with van der Waals surface area (Å²) in [5.74, 6) is 3.62. The van der Waals surface area contributed by atoms with E-state index in [2.05, 4.69) is 16.7 Å². The van der Waals surface area contributed by atoms with Gasteiger partial charge in [-0.25, -0.2) is 0 Å². The van der Waals surface area contributed by atoms with Gasteiger partial charge in [0.25, 0.3) is 0 Å². The number of hydrogen-bond acceptors (Lipinski definition) is 10. The highest BCUT2D eigenvalue weighted by Crippen LogP contribution is 2.48. The zero-order valence-corrected chi connectivity index (χ0v) is 30.3. The van der Waals surface area contributed by atoms with E-state index in [0.717, 1.165) is 81.0 Å². The molecule has 2 aliphatic heterocycles. The molecule has 2 fully saturated rings. The van der Waals surface area contributed by atoms with Crippen LogP contribution in [0.25, 0.3) is 0 Å². The minimum Gasteiger partial charge on any atom is -0.592 e. The molecule has 0 spiro atoms. The van der Waals surface area contributed by atoms with Gasteiger partial charge >= 0.3 is 0 Å². The molecule has 0 aromatic heterocycles. The molecule has 10 nitrogen and oxygen atoms in total. The van der Waals surface area contributed by atoms with Crippen LogP contribution in [0.4, 0.5) is 0 Å². The number of allylic oxidation sites excluding steroid dienone is 1. The Morgan fingerprint density at radius 1 is 1.10 bits per heavy atom. The minimum atomic E-state index is -0.944. The number of nitrogens with zero attached hydrogens (tertiary/aromatic N) is 1. The standard InChI is InChI=1S/C40H62N4O6/c1-26(46)22-43-35(23-42-2)40-31-10-8-9-28(31)14-16-33-32(40)21-34(44-33)37(48)25-49-39-19-27(13-17-36(39)47)12-15-30-20-29(24-45)38(50-30)11-6-4-3-5-7-18-41/h13,17,19-21,26,28,31,35,37-38,40,42-43,45-48H,3-12,14-16,18,22-25,41H2,1-2H3. The number of nitrogens with one attached hydrogen (secondary N) is 2. The van der Waals surface area contributed by atoms with E-state index in [1.807, 2.05) is 32.2 Å². The van der Waals surface area contributed by atoms with Gasteiger partial charge in [0.2, 0.25) is 0 Å². The van der Waals surface area contributed by atoms with Crippen LogP contribution >= 0.6 is 0 Å². The number of fused-ring (bicyclic) bond motifs is 2. The van der Waals surface area contributed by atoms with Crippen LogP contribution in [0, 0.1) is 29.7 Å². The first kappa shape index (κ1) is 38.5. The minimum absolute atomic E-state index is 0.000254. The fourth-order valence-electron chi connectivity index (χ4n) is 8.46. The summed E-state index contributed by atoms with van der Waals surface area (Å²) in [5, 5.41) is 48.9. The van der Waals surface area contributed by atoms with Crippen LogP contribution < -0.4 is 21.1 Å². The van der Waals surface area contributed by atoms with Crippen molar-refractivity contribution in [1.29, 1.82) is 0 Å². The van der Waals surface area contributed by atoms with Gasteiger partial charge in [-0.3, -0.25) is 0 Å². The van der Waals surface area contributed by atoms with Gasteiger partial charge in [0.05, 0.1) is 18.1 Å². The highest BCUT2D eigenvalue weighted by atomic mass is 16.5. The molecule has 8 N–H and O–H groups in total. The van der Waals surface area contributed by atoms with Crippen LogP contribution in [0.15, 0.2) is 46.7 Å². The molecule has 0 radical (unpaired) electrons. The van der Waals surface area contributed by atoms with E-state index in [1.165, 1.54) is 31.3 Å². The maximum absolute atomic E-state index is 11.3. The number of aliphatic imine (C=N–C) groups is 1. The summed E-state index contributed by atoms with van der Waals surface area (Å²) in [4.78, 5) is 4.97. The Labute approximate surface area is 299 Å². The Balaban J connectivity index is 1.17. The molecule has 1 aromatic carbocycles. The first-order valence-electron chi connectivity index (χ1n) is 19.2. The third-order valence-electron chi connectivity index (χ3n) is 11.1. The summed E-state index contributed by atoms with van der Waals surface area (Å²) in [6.45, 7) is 3.84. The van der Waals surface area contributed by atoms with Crippen molar-refractivity contribution in [2.24, 2.45) is 28.5 Å². The van der Waals surface area contributed by atoms with E-state index in [4.69, 9.17) is 20.2 Å². The van der Waals surface area contributed by atoms with E-state index in [9.17, 15) is 20.4 Å². The predicted octanol–water partition coefficient (Wildman–Crippen LogP) is 4.51. The van der Waals surface area contributed by atoms with Gasteiger partial charge < -0.3 is 46.3 Å². The third-order valence-corrected chi connectivity index (χ3v) is 11.1. The zero-order valence-electron chi connectivity index (χ0n) is 30.3. The lowest BCUT2D eigenvalue weighted by atomic mass is 9.75. The Kier molecular flexibility index (Phi) is 14.8. The van der Waals surface area contributed by atoms with Crippen LogP contribution in [-0.2, 0) is 11.2 Å². The predicted molar refractivity (Wildman–Crippen MR) is 198 cm³/mol. The second-order valence-electron chi connectivity index (χ2n) is 14.8. The van der Waals surface area contributed by atoms with Crippen LogP contribution in [0.1, 0.15) is 89.5 Å². The number of nitrogens with two attached hydrogens (primary N) is 1. The lowest BCUT2D eigenvalue weighted by molar-refractivity contribution is 0.120. The van der Waals surface area contributed by atoms with Gasteiger partial charge in [0.15, 0.2) is 29.4 Å². The van der Waals surface area contributed by atoms with Gasteiger partial charge in [-0.1, -0.05) is 56.8 Å². The number of aromatic hydroxyl groups is 1. The normalized spacial score (nSPS) is 24.9. The molecule has 7 unspecified atom stereocenters. The molecule has 10 heteroatoms. The molecule has 2 aliphatic carbocycles. The average molecular weight is 695 g/mol. The lowest BCUT2D eigenvalue weighted by Gasteiger charge is -2.32. The Morgan fingerprint density at radius 3 is 2.70 bits per heavy atom. The number of hydrogen-bond donors (Lipinski definition) is 7. The highest BCUT2D eigenvalue weighted by Gasteiger charge is 2.50. The largest absolute Gasteiger partial charge is 0.592 e. The number of aliphatic hydroxyl groups excluding tert-OH is 3. The number of ether oxygens (including phenoxy) is 2. The number of aryl methyl sites for hydroxylation is 1. The van der Waals surface area contributed by atoms with Crippen molar-refractivity contribution in [2.75, 3.05) is 39.9 Å². The summed E-state index contributed by atoms with van der Waals surface area (Å²) in [5.41, 5.74) is 8.86. The molecule has 5 rings (SSSR count). The molecule has 2 heterocycles. The number of phenols is 1. The first-order chi connectivity index (χ1) is 24.3. The number of rotatable bonds is 21. The topological polar surface area (TPSA) is 162 Å². The maximum atomic E-state index is 11.3. The van der Waals surface area contributed by atoms with Gasteiger partial charge in [-0.2, -0.15) is 12.0 Å². The molecule has 1 aromatic rings. The first-order valence-corrected chi connectivity index (χ1v) is 19.2. The van der Waals surface area contributed by atoms with Crippen LogP contribution in [-0.4, -0.2) is 90.4 Å². The van der Waals surface area contributed by atoms with E-state index < -0.39 is 12.2 Å². The van der Waals surface area contributed by atoms with Crippen molar-refractivity contribution in [1.82, 2.24) is 10.6 Å². The van der Waals surface area contributed by atoms with Gasteiger partial charge in [0, 0.05) is 38.3 Å². The van der Waals surface area contributed by atoms with Crippen molar-refractivity contribution in [3.8, 4) is 11.5 Å². The Hall–Kier alpha value is -2.73.